The van der Waals surface area contributed by atoms with Crippen LogP contribution in [-0.2, 0) is 26.2 Å². The second-order valence-corrected chi connectivity index (χ2v) is 4.80. The molecule has 6 nitrogen and oxygen atoms in total. The van der Waals surface area contributed by atoms with Gasteiger partial charge in [0.1, 0.15) is 17.9 Å². The molecule has 0 aromatic carbocycles. The Morgan fingerprint density at radius 1 is 1.42 bits per heavy atom. The van der Waals surface area contributed by atoms with Crippen LogP contribution in [0, 0.1) is 0 Å². The molecule has 6 heteroatoms. The average Bonchev–Trinajstić information content (AvgIpc) is 3.05. The van der Waals surface area contributed by atoms with Crippen molar-refractivity contribution in [2.75, 3.05) is 13.1 Å². The number of furan rings is 1. The summed E-state index contributed by atoms with van der Waals surface area (Å²) in [5.41, 5.74) is 1.26. The molecular formula is C13H19N5O. The molecule has 0 radical (unpaired) electrons. The van der Waals surface area contributed by atoms with E-state index in [-0.39, 0.29) is 0 Å². The average molecular weight is 261 g/mol. The molecular weight excluding hydrogens is 242 g/mol. The molecule has 19 heavy (non-hydrogen) atoms. The van der Waals surface area contributed by atoms with Crippen LogP contribution in [-0.4, -0.2) is 32.8 Å². The Labute approximate surface area is 112 Å². The van der Waals surface area contributed by atoms with Crippen molar-refractivity contribution >= 4 is 0 Å². The molecule has 3 rings (SSSR count). The Bertz CT molecular complexity index is 533. The lowest BCUT2D eigenvalue weighted by atomic mass is 10.2. The number of fused-ring (bicyclic) bond motifs is 1. The maximum Gasteiger partial charge on any atom is 0.147 e. The highest BCUT2D eigenvalue weighted by Crippen LogP contribution is 2.17. The van der Waals surface area contributed by atoms with Gasteiger partial charge in [0.05, 0.1) is 19.4 Å². The van der Waals surface area contributed by atoms with Gasteiger partial charge in [0, 0.05) is 25.2 Å². The van der Waals surface area contributed by atoms with Gasteiger partial charge in [0.2, 0.25) is 0 Å². The molecule has 0 spiro atoms. The van der Waals surface area contributed by atoms with Crippen molar-refractivity contribution in [3.63, 3.8) is 0 Å². The fourth-order valence-corrected chi connectivity index (χ4v) is 2.39. The monoisotopic (exact) mass is 261 g/mol. The molecule has 1 N–H and O–H groups in total. The van der Waals surface area contributed by atoms with Crippen LogP contribution in [0.25, 0.3) is 0 Å². The minimum absolute atomic E-state index is 0.794. The van der Waals surface area contributed by atoms with Crippen molar-refractivity contribution < 1.29 is 4.42 Å². The first-order valence-corrected chi connectivity index (χ1v) is 6.72. The fraction of sp³-hybridized carbons (Fsp3) is 0.538. The van der Waals surface area contributed by atoms with E-state index in [1.807, 2.05) is 0 Å². The molecule has 0 bridgehead atoms. The van der Waals surface area contributed by atoms with Gasteiger partial charge in [-0.25, -0.2) is 0 Å². The number of aromatic nitrogens is 3. The van der Waals surface area contributed by atoms with Crippen LogP contribution in [0.2, 0.25) is 0 Å². The van der Waals surface area contributed by atoms with Crippen molar-refractivity contribution in [1.29, 1.82) is 0 Å². The number of nitrogens with one attached hydrogen (secondary N) is 1. The summed E-state index contributed by atoms with van der Waals surface area (Å²) >= 11 is 0. The van der Waals surface area contributed by atoms with Crippen molar-refractivity contribution in [2.45, 2.75) is 33.1 Å². The van der Waals surface area contributed by atoms with Gasteiger partial charge in [-0.05, 0) is 12.6 Å². The predicted molar refractivity (Wildman–Crippen MR) is 70.2 cm³/mol. The quantitative estimate of drug-likeness (QED) is 0.870. The van der Waals surface area contributed by atoms with Gasteiger partial charge in [-0.1, -0.05) is 6.92 Å². The van der Waals surface area contributed by atoms with Crippen molar-refractivity contribution in [2.24, 2.45) is 0 Å². The zero-order valence-corrected chi connectivity index (χ0v) is 11.2. The minimum atomic E-state index is 0.794. The van der Waals surface area contributed by atoms with E-state index in [2.05, 4.69) is 38.0 Å². The lowest BCUT2D eigenvalue weighted by molar-refractivity contribution is 0.207. The van der Waals surface area contributed by atoms with Gasteiger partial charge in [-0.3, -0.25) is 4.90 Å². The lowest BCUT2D eigenvalue weighted by Crippen LogP contribution is -2.33. The van der Waals surface area contributed by atoms with Gasteiger partial charge in [-0.2, -0.15) is 0 Å². The van der Waals surface area contributed by atoms with Gasteiger partial charge in [0.15, 0.2) is 0 Å². The number of rotatable bonds is 5. The maximum absolute atomic E-state index is 5.54. The minimum Gasteiger partial charge on any atom is -0.468 e. The largest absolute Gasteiger partial charge is 0.468 e. The second-order valence-electron chi connectivity index (χ2n) is 4.80. The van der Waals surface area contributed by atoms with Crippen LogP contribution in [0.1, 0.15) is 24.1 Å². The summed E-state index contributed by atoms with van der Waals surface area (Å²) in [6.07, 6.45) is 3.58. The third-order valence-electron chi connectivity index (χ3n) is 3.49. The maximum atomic E-state index is 5.54. The Hall–Kier alpha value is -1.66. The summed E-state index contributed by atoms with van der Waals surface area (Å²) in [5.74, 6) is 2.08. The zero-order valence-electron chi connectivity index (χ0n) is 11.2. The van der Waals surface area contributed by atoms with Crippen molar-refractivity contribution in [1.82, 2.24) is 25.0 Å². The summed E-state index contributed by atoms with van der Waals surface area (Å²) in [6.45, 7) is 7.59. The lowest BCUT2D eigenvalue weighted by Gasteiger charge is -2.26. The second kappa shape index (κ2) is 5.54. The van der Waals surface area contributed by atoms with E-state index in [0.717, 1.165) is 50.9 Å². The van der Waals surface area contributed by atoms with Gasteiger partial charge in [0.25, 0.3) is 0 Å². The van der Waals surface area contributed by atoms with Gasteiger partial charge >= 0.3 is 0 Å². The molecule has 2 aromatic heterocycles. The van der Waals surface area contributed by atoms with Gasteiger partial charge < -0.3 is 14.3 Å². The van der Waals surface area contributed by atoms with E-state index in [9.17, 15) is 0 Å². The topological polar surface area (TPSA) is 59.1 Å². The van der Waals surface area contributed by atoms with E-state index >= 15 is 0 Å². The SMILES string of the molecule is CCNCc1occc1CN1CCn2cnnc2C1. The predicted octanol–water partition coefficient (Wildman–Crippen LogP) is 0.996. The first-order chi connectivity index (χ1) is 9.36. The van der Waals surface area contributed by atoms with Crippen LogP contribution >= 0.6 is 0 Å². The molecule has 2 aromatic rings. The molecule has 1 aliphatic rings. The van der Waals surface area contributed by atoms with Crippen LogP contribution in [0.4, 0.5) is 0 Å². The van der Waals surface area contributed by atoms with Crippen LogP contribution in [0.3, 0.4) is 0 Å². The van der Waals surface area contributed by atoms with Crippen LogP contribution in [0.5, 0.6) is 0 Å². The highest BCUT2D eigenvalue weighted by Gasteiger charge is 2.19. The summed E-state index contributed by atoms with van der Waals surface area (Å²) in [7, 11) is 0. The van der Waals surface area contributed by atoms with E-state index < -0.39 is 0 Å². The summed E-state index contributed by atoms with van der Waals surface area (Å²) < 4.78 is 7.66. The molecule has 0 amide bonds. The van der Waals surface area contributed by atoms with Gasteiger partial charge in [-0.15, -0.1) is 10.2 Å². The Kier molecular flexibility index (Phi) is 3.61. The molecule has 0 unspecified atom stereocenters. The zero-order chi connectivity index (χ0) is 13.1. The molecule has 0 fully saturated rings. The van der Waals surface area contributed by atoms with E-state index in [4.69, 9.17) is 4.42 Å². The van der Waals surface area contributed by atoms with Crippen molar-refractivity contribution in [3.05, 3.63) is 35.8 Å². The Balaban J connectivity index is 1.64. The smallest absolute Gasteiger partial charge is 0.147 e. The molecule has 102 valence electrons. The Morgan fingerprint density at radius 3 is 3.26 bits per heavy atom. The summed E-state index contributed by atoms with van der Waals surface area (Å²) in [5, 5.41) is 11.4. The van der Waals surface area contributed by atoms with Crippen LogP contribution in [0.15, 0.2) is 23.1 Å². The van der Waals surface area contributed by atoms with E-state index in [1.165, 1.54) is 5.56 Å². The van der Waals surface area contributed by atoms with Crippen molar-refractivity contribution in [3.8, 4) is 0 Å². The molecule has 0 saturated heterocycles. The summed E-state index contributed by atoms with van der Waals surface area (Å²) in [6, 6.07) is 2.06. The number of hydrogen-bond donors (Lipinski definition) is 1. The number of nitrogens with zero attached hydrogens (tertiary/aromatic N) is 4. The first kappa shape index (κ1) is 12.4. The molecule has 3 heterocycles. The molecule has 0 saturated carbocycles. The normalized spacial score (nSPS) is 15.6. The van der Waals surface area contributed by atoms with E-state index in [0.29, 0.717) is 0 Å². The molecule has 0 aliphatic carbocycles. The third-order valence-corrected chi connectivity index (χ3v) is 3.49. The molecule has 0 atom stereocenters. The number of hydrogen-bond acceptors (Lipinski definition) is 5. The van der Waals surface area contributed by atoms with Crippen LogP contribution < -0.4 is 5.32 Å². The van der Waals surface area contributed by atoms with E-state index in [1.54, 1.807) is 12.6 Å². The highest BCUT2D eigenvalue weighted by atomic mass is 16.3. The first-order valence-electron chi connectivity index (χ1n) is 6.72. The molecule has 1 aliphatic heterocycles. The summed E-state index contributed by atoms with van der Waals surface area (Å²) in [4.78, 5) is 2.38. The third kappa shape index (κ3) is 2.69. The highest BCUT2D eigenvalue weighted by molar-refractivity contribution is 5.17. The fourth-order valence-electron chi connectivity index (χ4n) is 2.39. The Morgan fingerprint density at radius 2 is 2.37 bits per heavy atom. The standard InChI is InChI=1S/C13H19N5O/c1-2-14-7-12-11(3-6-19-12)8-17-4-5-18-10-15-16-13(18)9-17/h3,6,10,14H,2,4-5,7-9H2,1H3.